The second kappa shape index (κ2) is 7.75. The minimum absolute atomic E-state index is 0.199. The molecule has 2 aliphatic carbocycles. The van der Waals surface area contributed by atoms with Gasteiger partial charge in [-0.25, -0.2) is 9.18 Å². The number of carbonyl (C=O) groups is 2. The lowest BCUT2D eigenvalue weighted by atomic mass is 9.40. The lowest BCUT2D eigenvalue weighted by molar-refractivity contribution is -0.369. The van der Waals surface area contributed by atoms with E-state index in [1.807, 2.05) is 13.8 Å². The number of alkyl halides is 1. The molecule has 1 heterocycles. The maximum atomic E-state index is 13.7. The number of halogens is 1. The van der Waals surface area contributed by atoms with E-state index in [4.69, 9.17) is 9.47 Å². The summed E-state index contributed by atoms with van der Waals surface area (Å²) in [6.45, 7) is 11.0. The zero-order valence-electron chi connectivity index (χ0n) is 19.5. The number of rotatable bonds is 4. The zero-order valence-corrected chi connectivity index (χ0v) is 19.5. The van der Waals surface area contributed by atoms with Crippen LogP contribution >= 0.6 is 0 Å². The number of carbonyl (C=O) groups excluding carboxylic acids is 2. The second-order valence-electron chi connectivity index (χ2n) is 10.8. The predicted octanol–water partition coefficient (Wildman–Crippen LogP) is 1.65. The fourth-order valence-electron chi connectivity index (χ4n) is 6.79. The van der Waals surface area contributed by atoms with Gasteiger partial charge in [-0.3, -0.25) is 4.79 Å². The number of ketones is 1. The number of aliphatic hydroxyl groups excluding tert-OH is 2. The van der Waals surface area contributed by atoms with E-state index in [1.54, 1.807) is 13.8 Å². The SMILES string of the molecule is C=C[C@@]1(C)CC(=O)[C@]2(O)[C@@]3(C)[C@@H](O)CCC(C)(C)[C@@H]3[C@H](O)[C@H](OC(=O)NCC[18F])[C@@]2(C)O1. The van der Waals surface area contributed by atoms with Crippen molar-refractivity contribution in [3.05, 3.63) is 12.7 Å². The third kappa shape index (κ3) is 3.15. The van der Waals surface area contributed by atoms with Gasteiger partial charge < -0.3 is 30.1 Å². The van der Waals surface area contributed by atoms with Crippen molar-refractivity contribution < 1.29 is 38.8 Å². The molecule has 9 heteroatoms. The Hall–Kier alpha value is -1.55. The standard InChI is InChI=1S/C23H36FNO7/c1-7-20(4)12-14(27)23(30)21(5)13(26)8-9-19(2,3)16(21)15(28)17(22(23,6)32-20)31-18(29)25-11-10-24/h7,13,15-17,26,28,30H,1,8-12H2,2-6H3,(H,25,29)/t13-,15-,16-,17-,20-,21-,22+,23-/m0/s1/i24-1. The number of fused-ring (bicyclic) bond motifs is 3. The number of amides is 1. The molecule has 0 spiro atoms. The Morgan fingerprint density at radius 1 is 1.31 bits per heavy atom. The number of nitrogens with one attached hydrogen (secondary N) is 1. The monoisotopic (exact) mass is 456 g/mol. The molecule has 2 saturated carbocycles. The molecular formula is C23H36FNO7. The number of ether oxygens (including phenoxy) is 2. The highest BCUT2D eigenvalue weighted by molar-refractivity contribution is 5.92. The van der Waals surface area contributed by atoms with E-state index in [0.29, 0.717) is 12.8 Å². The first-order valence-electron chi connectivity index (χ1n) is 11.1. The Morgan fingerprint density at radius 3 is 2.50 bits per heavy atom. The number of alkyl carbamates (subject to hydrolysis) is 1. The van der Waals surface area contributed by atoms with E-state index in [-0.39, 0.29) is 13.0 Å². The highest BCUT2D eigenvalue weighted by atomic mass is 18.2. The predicted molar refractivity (Wildman–Crippen MR) is 114 cm³/mol. The summed E-state index contributed by atoms with van der Waals surface area (Å²) >= 11 is 0. The van der Waals surface area contributed by atoms with Gasteiger partial charge in [-0.05, 0) is 32.1 Å². The van der Waals surface area contributed by atoms with Crippen molar-refractivity contribution in [2.45, 2.75) is 89.0 Å². The summed E-state index contributed by atoms with van der Waals surface area (Å²) < 4.78 is 24.4. The van der Waals surface area contributed by atoms with Gasteiger partial charge in [0.1, 0.15) is 12.3 Å². The Morgan fingerprint density at radius 2 is 1.94 bits per heavy atom. The van der Waals surface area contributed by atoms with Gasteiger partial charge in [-0.2, -0.15) is 0 Å². The van der Waals surface area contributed by atoms with Crippen LogP contribution in [0.1, 0.15) is 53.9 Å². The van der Waals surface area contributed by atoms with Crippen molar-refractivity contribution in [3.63, 3.8) is 0 Å². The van der Waals surface area contributed by atoms with Crippen LogP contribution < -0.4 is 5.32 Å². The number of Topliss-reactive ketones (excluding diaryl/α,β-unsaturated/α-hetero) is 1. The fraction of sp³-hybridized carbons (Fsp3) is 0.826. The summed E-state index contributed by atoms with van der Waals surface area (Å²) in [6, 6.07) is 0. The van der Waals surface area contributed by atoms with Gasteiger partial charge in [-0.15, -0.1) is 6.58 Å². The van der Waals surface area contributed by atoms with Gasteiger partial charge in [0.2, 0.25) is 0 Å². The van der Waals surface area contributed by atoms with Gasteiger partial charge >= 0.3 is 6.09 Å². The molecule has 182 valence electrons. The van der Waals surface area contributed by atoms with Crippen molar-refractivity contribution in [1.29, 1.82) is 0 Å². The molecule has 0 aromatic carbocycles. The molecule has 0 radical (unpaired) electrons. The molecule has 3 fully saturated rings. The summed E-state index contributed by atoms with van der Waals surface area (Å²) in [5.74, 6) is -1.39. The van der Waals surface area contributed by atoms with E-state index < -0.39 is 70.4 Å². The van der Waals surface area contributed by atoms with Crippen LogP contribution in [0.5, 0.6) is 0 Å². The highest BCUT2D eigenvalue weighted by Gasteiger charge is 2.81. The lowest BCUT2D eigenvalue weighted by Crippen LogP contribution is -2.86. The molecule has 3 aliphatic rings. The first-order valence-corrected chi connectivity index (χ1v) is 11.1. The van der Waals surface area contributed by atoms with Crippen LogP contribution in [0.3, 0.4) is 0 Å². The van der Waals surface area contributed by atoms with Gasteiger partial charge in [0, 0.05) is 24.3 Å². The molecule has 1 aliphatic heterocycles. The lowest BCUT2D eigenvalue weighted by Gasteiger charge is -2.71. The third-order valence-corrected chi connectivity index (χ3v) is 8.32. The van der Waals surface area contributed by atoms with Crippen LogP contribution in [-0.2, 0) is 14.3 Å². The van der Waals surface area contributed by atoms with Crippen LogP contribution in [0.2, 0.25) is 0 Å². The molecule has 1 saturated heterocycles. The fourth-order valence-corrected chi connectivity index (χ4v) is 6.79. The molecule has 4 N–H and O–H groups in total. The highest BCUT2D eigenvalue weighted by Crippen LogP contribution is 2.66. The topological polar surface area (TPSA) is 125 Å². The molecule has 0 aromatic heterocycles. The van der Waals surface area contributed by atoms with Gasteiger partial charge in [0.25, 0.3) is 0 Å². The number of hydrogen-bond donors (Lipinski definition) is 4. The minimum Gasteiger partial charge on any atom is -0.440 e. The molecule has 0 aromatic rings. The van der Waals surface area contributed by atoms with Crippen molar-refractivity contribution in [2.75, 3.05) is 13.2 Å². The molecule has 8 nitrogen and oxygen atoms in total. The van der Waals surface area contributed by atoms with E-state index in [9.17, 15) is 29.3 Å². The summed E-state index contributed by atoms with van der Waals surface area (Å²) in [7, 11) is 0. The normalized spacial score (nSPS) is 47.7. The quantitative estimate of drug-likeness (QED) is 0.474. The molecule has 8 atom stereocenters. The van der Waals surface area contributed by atoms with E-state index in [1.165, 1.54) is 13.0 Å². The average molecular weight is 457 g/mol. The van der Waals surface area contributed by atoms with Gasteiger partial charge in [0.15, 0.2) is 17.5 Å². The Balaban J connectivity index is 2.23. The zero-order chi connectivity index (χ0) is 24.3. The molecular weight excluding hydrogens is 420 g/mol. The molecule has 32 heavy (non-hydrogen) atoms. The molecule has 0 bridgehead atoms. The Kier molecular flexibility index (Phi) is 6.08. The van der Waals surface area contributed by atoms with Crippen molar-refractivity contribution in [3.8, 4) is 0 Å². The van der Waals surface area contributed by atoms with Crippen molar-refractivity contribution in [1.82, 2.24) is 5.32 Å². The number of aliphatic hydroxyl groups is 3. The van der Waals surface area contributed by atoms with Crippen LogP contribution in [0.4, 0.5) is 9.18 Å². The van der Waals surface area contributed by atoms with Crippen molar-refractivity contribution in [2.24, 2.45) is 16.7 Å². The Bertz CT molecular complexity index is 805. The third-order valence-electron chi connectivity index (χ3n) is 8.32. The minimum atomic E-state index is -2.28. The van der Waals surface area contributed by atoms with Crippen molar-refractivity contribution >= 4 is 11.9 Å². The van der Waals surface area contributed by atoms with Crippen LogP contribution in [0.25, 0.3) is 0 Å². The molecule has 3 rings (SSSR count). The summed E-state index contributed by atoms with van der Waals surface area (Å²) in [5, 5.41) is 37.2. The number of hydrogen-bond acceptors (Lipinski definition) is 7. The maximum absolute atomic E-state index is 13.7. The molecule has 1 amide bonds. The molecule has 0 unspecified atom stereocenters. The maximum Gasteiger partial charge on any atom is 0.407 e. The van der Waals surface area contributed by atoms with Gasteiger partial charge in [0.05, 0.1) is 17.8 Å². The van der Waals surface area contributed by atoms with Gasteiger partial charge in [-0.1, -0.05) is 26.8 Å². The van der Waals surface area contributed by atoms with E-state index >= 15 is 0 Å². The summed E-state index contributed by atoms with van der Waals surface area (Å²) in [6.07, 6.45) is -2.90. The largest absolute Gasteiger partial charge is 0.440 e. The summed E-state index contributed by atoms with van der Waals surface area (Å²) in [5.41, 5.74) is -7.50. The second-order valence-corrected chi connectivity index (χ2v) is 10.8. The van der Waals surface area contributed by atoms with Crippen LogP contribution in [-0.4, -0.2) is 75.5 Å². The van der Waals surface area contributed by atoms with E-state index in [2.05, 4.69) is 11.9 Å². The summed E-state index contributed by atoms with van der Waals surface area (Å²) in [4.78, 5) is 26.1. The van der Waals surface area contributed by atoms with Crippen LogP contribution in [0, 0.1) is 16.7 Å². The first kappa shape index (κ1) is 25.1. The Labute approximate surface area is 188 Å². The van der Waals surface area contributed by atoms with Crippen LogP contribution in [0.15, 0.2) is 12.7 Å². The average Bonchev–Trinajstić information content (AvgIpc) is 2.70. The smallest absolute Gasteiger partial charge is 0.407 e. The first-order chi connectivity index (χ1) is 14.6. The van der Waals surface area contributed by atoms with E-state index in [0.717, 1.165) is 0 Å².